The largest absolute Gasteiger partial charge is 0.399 e. The molecule has 0 radical (unpaired) electrons. The zero-order valence-corrected chi connectivity index (χ0v) is 11.8. The van der Waals surface area contributed by atoms with Crippen molar-refractivity contribution in [2.24, 2.45) is 5.92 Å². The Balaban J connectivity index is 0.00000162. The predicted molar refractivity (Wildman–Crippen MR) is 76.3 cm³/mol. The minimum absolute atomic E-state index is 0. The van der Waals surface area contributed by atoms with Gasteiger partial charge in [-0.15, -0.1) is 12.4 Å². The maximum atomic E-state index is 11.6. The summed E-state index contributed by atoms with van der Waals surface area (Å²) in [7, 11) is -3.07. The molecule has 0 spiro atoms. The fraction of sp³-hybridized carbons (Fsp3) is 0.500. The Bertz CT molecular complexity index is 469. The van der Waals surface area contributed by atoms with Crippen molar-refractivity contribution in [2.45, 2.75) is 19.3 Å². The van der Waals surface area contributed by atoms with E-state index in [2.05, 4.69) is 4.72 Å². The Kier molecular flexibility index (Phi) is 5.44. The van der Waals surface area contributed by atoms with Crippen LogP contribution < -0.4 is 10.5 Å². The van der Waals surface area contributed by atoms with E-state index in [1.807, 2.05) is 24.3 Å². The van der Waals surface area contributed by atoms with Crippen molar-refractivity contribution in [1.82, 2.24) is 4.72 Å². The smallest absolute Gasteiger partial charge is 0.211 e. The lowest BCUT2D eigenvalue weighted by molar-refractivity contribution is 0.578. The van der Waals surface area contributed by atoms with Crippen molar-refractivity contribution in [3.05, 3.63) is 29.8 Å². The summed E-state index contributed by atoms with van der Waals surface area (Å²) in [4.78, 5) is 0. The molecule has 1 fully saturated rings. The molecule has 0 heterocycles. The Morgan fingerprint density at radius 2 is 1.83 bits per heavy atom. The maximum Gasteiger partial charge on any atom is 0.211 e. The van der Waals surface area contributed by atoms with Crippen molar-refractivity contribution in [1.29, 1.82) is 0 Å². The van der Waals surface area contributed by atoms with E-state index in [-0.39, 0.29) is 18.2 Å². The monoisotopic (exact) mass is 290 g/mol. The first-order valence-electron chi connectivity index (χ1n) is 5.87. The zero-order chi connectivity index (χ0) is 12.3. The van der Waals surface area contributed by atoms with Gasteiger partial charge in [0.15, 0.2) is 0 Å². The Morgan fingerprint density at radius 3 is 2.39 bits per heavy atom. The highest BCUT2D eigenvalue weighted by atomic mass is 35.5. The predicted octanol–water partition coefficient (Wildman–Crippen LogP) is 1.56. The van der Waals surface area contributed by atoms with E-state index in [1.54, 1.807) is 0 Å². The van der Waals surface area contributed by atoms with Gasteiger partial charge in [-0.1, -0.05) is 12.1 Å². The summed E-state index contributed by atoms with van der Waals surface area (Å²) >= 11 is 0. The second-order valence-electron chi connectivity index (χ2n) is 4.61. The molecule has 0 amide bonds. The molecular weight excluding hydrogens is 272 g/mol. The number of sulfonamides is 1. The maximum absolute atomic E-state index is 11.6. The third-order valence-corrected chi connectivity index (χ3v) is 4.42. The first kappa shape index (κ1) is 15.3. The Hall–Kier alpha value is -0.780. The second kappa shape index (κ2) is 6.41. The van der Waals surface area contributed by atoms with Crippen LogP contribution >= 0.6 is 12.4 Å². The van der Waals surface area contributed by atoms with Crippen LogP contribution in [0.15, 0.2) is 24.3 Å². The average molecular weight is 291 g/mol. The summed E-state index contributed by atoms with van der Waals surface area (Å²) in [6, 6.07) is 7.50. The molecule has 0 atom stereocenters. The topological polar surface area (TPSA) is 72.2 Å². The van der Waals surface area contributed by atoms with Crippen LogP contribution in [0, 0.1) is 5.92 Å². The van der Waals surface area contributed by atoms with Crippen molar-refractivity contribution in [3.63, 3.8) is 0 Å². The molecule has 1 aromatic rings. The molecule has 3 N–H and O–H groups in total. The Labute approximate surface area is 114 Å². The SMILES string of the molecule is Cl.Nc1ccc(CCNS(=O)(=O)CC2CC2)cc1. The minimum Gasteiger partial charge on any atom is -0.399 e. The zero-order valence-electron chi connectivity index (χ0n) is 10.1. The van der Waals surface area contributed by atoms with Crippen LogP contribution in [0.5, 0.6) is 0 Å². The molecule has 18 heavy (non-hydrogen) atoms. The van der Waals surface area contributed by atoms with E-state index >= 15 is 0 Å². The van der Waals surface area contributed by atoms with Gasteiger partial charge in [0.25, 0.3) is 0 Å². The highest BCUT2D eigenvalue weighted by Crippen LogP contribution is 2.29. The normalized spacial score (nSPS) is 15.1. The molecule has 6 heteroatoms. The average Bonchev–Trinajstić information content (AvgIpc) is 3.04. The van der Waals surface area contributed by atoms with Gasteiger partial charge >= 0.3 is 0 Å². The lowest BCUT2D eigenvalue weighted by Gasteiger charge is -2.06. The van der Waals surface area contributed by atoms with Crippen LogP contribution in [0.2, 0.25) is 0 Å². The minimum atomic E-state index is -3.07. The highest BCUT2D eigenvalue weighted by molar-refractivity contribution is 7.89. The van der Waals surface area contributed by atoms with Gasteiger partial charge in [0.05, 0.1) is 5.75 Å². The van der Waals surface area contributed by atoms with Gasteiger partial charge in [-0.25, -0.2) is 13.1 Å². The second-order valence-corrected chi connectivity index (χ2v) is 6.46. The van der Waals surface area contributed by atoms with Crippen molar-refractivity contribution in [3.8, 4) is 0 Å². The number of nitrogen functional groups attached to an aromatic ring is 1. The summed E-state index contributed by atoms with van der Waals surface area (Å²) in [6.07, 6.45) is 2.81. The number of anilines is 1. The molecule has 102 valence electrons. The highest BCUT2D eigenvalue weighted by Gasteiger charge is 2.27. The van der Waals surface area contributed by atoms with Gasteiger partial charge < -0.3 is 5.73 Å². The Morgan fingerprint density at radius 1 is 1.22 bits per heavy atom. The summed E-state index contributed by atoms with van der Waals surface area (Å²) < 4.78 is 25.8. The fourth-order valence-electron chi connectivity index (χ4n) is 1.69. The van der Waals surface area contributed by atoms with Crippen LogP contribution in [-0.2, 0) is 16.4 Å². The number of nitrogens with two attached hydrogens (primary N) is 1. The summed E-state index contributed by atoms with van der Waals surface area (Å²) in [5.41, 5.74) is 7.39. The molecular formula is C12H19ClN2O2S. The summed E-state index contributed by atoms with van der Waals surface area (Å²) in [5.74, 6) is 0.679. The quantitative estimate of drug-likeness (QED) is 0.781. The van der Waals surface area contributed by atoms with Crippen molar-refractivity contribution < 1.29 is 8.42 Å². The summed E-state index contributed by atoms with van der Waals surface area (Å²) in [5, 5.41) is 0. The van der Waals surface area contributed by atoms with Crippen LogP contribution in [0.25, 0.3) is 0 Å². The van der Waals surface area contributed by atoms with Gasteiger partial charge in [-0.3, -0.25) is 0 Å². The number of hydrogen-bond acceptors (Lipinski definition) is 3. The fourth-order valence-corrected chi connectivity index (χ4v) is 3.17. The first-order valence-corrected chi connectivity index (χ1v) is 7.52. The molecule has 4 nitrogen and oxygen atoms in total. The van der Waals surface area contributed by atoms with Gasteiger partial charge in [-0.2, -0.15) is 0 Å². The first-order chi connectivity index (χ1) is 8.05. The molecule has 0 aliphatic heterocycles. The van der Waals surface area contributed by atoms with E-state index in [0.717, 1.165) is 24.1 Å². The van der Waals surface area contributed by atoms with Crippen LogP contribution in [0.1, 0.15) is 18.4 Å². The molecule has 1 saturated carbocycles. The van der Waals surface area contributed by atoms with E-state index in [4.69, 9.17) is 5.73 Å². The molecule has 0 aromatic heterocycles. The molecule has 0 saturated heterocycles. The molecule has 1 aliphatic rings. The number of benzene rings is 1. The van der Waals surface area contributed by atoms with E-state index in [9.17, 15) is 8.42 Å². The molecule has 0 unspecified atom stereocenters. The van der Waals surface area contributed by atoms with Crippen molar-refractivity contribution >= 4 is 28.1 Å². The van der Waals surface area contributed by atoms with Crippen LogP contribution in [0.3, 0.4) is 0 Å². The van der Waals surface area contributed by atoms with E-state index in [1.165, 1.54) is 0 Å². The van der Waals surface area contributed by atoms with Gasteiger partial charge in [0.1, 0.15) is 0 Å². The lowest BCUT2D eigenvalue weighted by Crippen LogP contribution is -2.29. The third-order valence-electron chi connectivity index (χ3n) is 2.87. The van der Waals surface area contributed by atoms with Crippen LogP contribution in [-0.4, -0.2) is 20.7 Å². The van der Waals surface area contributed by atoms with Gasteiger partial charge in [-0.05, 0) is 42.9 Å². The molecule has 1 aromatic carbocycles. The van der Waals surface area contributed by atoms with Crippen LogP contribution in [0.4, 0.5) is 5.69 Å². The molecule has 0 bridgehead atoms. The van der Waals surface area contributed by atoms with Gasteiger partial charge in [0.2, 0.25) is 10.0 Å². The molecule has 2 rings (SSSR count). The van der Waals surface area contributed by atoms with E-state index < -0.39 is 10.0 Å². The molecule has 1 aliphatic carbocycles. The lowest BCUT2D eigenvalue weighted by atomic mass is 10.1. The van der Waals surface area contributed by atoms with Gasteiger partial charge in [0, 0.05) is 12.2 Å². The number of halogens is 1. The number of rotatable bonds is 6. The third kappa shape index (κ3) is 5.25. The van der Waals surface area contributed by atoms with E-state index in [0.29, 0.717) is 18.9 Å². The van der Waals surface area contributed by atoms with Crippen molar-refractivity contribution in [2.75, 3.05) is 18.0 Å². The summed E-state index contributed by atoms with van der Waals surface area (Å²) in [6.45, 7) is 0.457. The number of nitrogens with one attached hydrogen (secondary N) is 1. The number of hydrogen-bond donors (Lipinski definition) is 2. The standard InChI is InChI=1S/C12H18N2O2S.ClH/c13-12-5-3-10(4-6-12)7-8-14-17(15,16)9-11-1-2-11;/h3-6,11,14H,1-2,7-9,13H2;1H.